The first-order valence-corrected chi connectivity index (χ1v) is 7.75. The summed E-state index contributed by atoms with van der Waals surface area (Å²) >= 11 is 0. The molecule has 132 valence electrons. The molecule has 0 bridgehead atoms. The summed E-state index contributed by atoms with van der Waals surface area (Å²) < 4.78 is 5.05. The van der Waals surface area contributed by atoms with Crippen LogP contribution in [0.3, 0.4) is 0 Å². The van der Waals surface area contributed by atoms with Gasteiger partial charge in [-0.15, -0.1) is 0 Å². The van der Waals surface area contributed by atoms with E-state index in [0.717, 1.165) is 5.56 Å². The second kappa shape index (κ2) is 9.21. The van der Waals surface area contributed by atoms with Gasteiger partial charge >= 0.3 is 12.0 Å². The lowest BCUT2D eigenvalue weighted by Crippen LogP contribution is -2.39. The minimum absolute atomic E-state index is 0.0322. The Bertz CT molecular complexity index is 709. The van der Waals surface area contributed by atoms with E-state index in [9.17, 15) is 9.59 Å². The lowest BCUT2D eigenvalue weighted by molar-refractivity contribution is -0.137. The predicted octanol–water partition coefficient (Wildman–Crippen LogP) is 2.08. The van der Waals surface area contributed by atoms with E-state index in [1.807, 2.05) is 30.3 Å². The number of carboxylic acid groups (broad SMARTS) is 1. The monoisotopic (exact) mass is 344 g/mol. The highest BCUT2D eigenvalue weighted by molar-refractivity contribution is 5.90. The van der Waals surface area contributed by atoms with Gasteiger partial charge in [-0.25, -0.2) is 9.78 Å². The average Bonchev–Trinajstić information content (AvgIpc) is 2.61. The lowest BCUT2D eigenvalue weighted by Gasteiger charge is -2.19. The number of carboxylic acids is 1. The van der Waals surface area contributed by atoms with Crippen molar-refractivity contribution < 1.29 is 19.4 Å². The number of carbonyl (C=O) groups is 2. The molecule has 0 saturated heterocycles. The number of methoxy groups -OCH3 is 1. The molecule has 25 heavy (non-hydrogen) atoms. The predicted molar refractivity (Wildman–Crippen MR) is 91.5 cm³/mol. The molecule has 1 aromatic heterocycles. The fraction of sp³-hybridized carbons (Fsp3) is 0.294. The van der Waals surface area contributed by atoms with Crippen LogP contribution in [0.15, 0.2) is 42.9 Å². The van der Waals surface area contributed by atoms with Gasteiger partial charge in [0.05, 0.1) is 13.3 Å². The molecule has 0 radical (unpaired) electrons. The molecule has 8 heteroatoms. The number of anilines is 1. The van der Waals surface area contributed by atoms with Crippen molar-refractivity contribution in [1.29, 1.82) is 0 Å². The first-order valence-electron chi connectivity index (χ1n) is 7.75. The van der Waals surface area contributed by atoms with Crippen LogP contribution < -0.4 is 15.4 Å². The van der Waals surface area contributed by atoms with Crippen molar-refractivity contribution in [3.05, 3.63) is 48.4 Å². The molecule has 0 aliphatic rings. The van der Waals surface area contributed by atoms with Crippen LogP contribution in [0.5, 0.6) is 5.88 Å². The van der Waals surface area contributed by atoms with E-state index in [-0.39, 0.29) is 18.3 Å². The fourth-order valence-electron chi connectivity index (χ4n) is 2.33. The Morgan fingerprint density at radius 2 is 2.04 bits per heavy atom. The van der Waals surface area contributed by atoms with Gasteiger partial charge in [0.25, 0.3) is 0 Å². The Kier molecular flexibility index (Phi) is 6.70. The van der Waals surface area contributed by atoms with E-state index in [1.165, 1.54) is 19.6 Å². The highest BCUT2D eigenvalue weighted by Crippen LogP contribution is 2.18. The SMILES string of the molecule is COc1ncncc1NC(=O)NC(CCC(=O)O)Cc1ccccc1. The minimum Gasteiger partial charge on any atom is -0.481 e. The number of hydrogen-bond acceptors (Lipinski definition) is 5. The number of ether oxygens (including phenoxy) is 1. The first kappa shape index (κ1) is 18.2. The summed E-state index contributed by atoms with van der Waals surface area (Å²) in [5.74, 6) is -0.659. The molecule has 0 spiro atoms. The van der Waals surface area contributed by atoms with Crippen molar-refractivity contribution in [2.45, 2.75) is 25.3 Å². The maximum absolute atomic E-state index is 12.2. The number of rotatable bonds is 8. The number of aliphatic carboxylic acids is 1. The lowest BCUT2D eigenvalue weighted by atomic mass is 10.0. The molecule has 8 nitrogen and oxygen atoms in total. The smallest absolute Gasteiger partial charge is 0.319 e. The Morgan fingerprint density at radius 1 is 1.28 bits per heavy atom. The largest absolute Gasteiger partial charge is 0.481 e. The van der Waals surface area contributed by atoms with Gasteiger partial charge in [0.1, 0.15) is 12.0 Å². The molecule has 0 fully saturated rings. The second-order valence-corrected chi connectivity index (χ2v) is 5.36. The topological polar surface area (TPSA) is 113 Å². The maximum atomic E-state index is 12.2. The van der Waals surface area contributed by atoms with Crippen LogP contribution in [-0.4, -0.2) is 40.2 Å². The summed E-state index contributed by atoms with van der Waals surface area (Å²) in [5, 5.41) is 14.3. The van der Waals surface area contributed by atoms with E-state index in [2.05, 4.69) is 20.6 Å². The first-order chi connectivity index (χ1) is 12.1. The van der Waals surface area contributed by atoms with Gasteiger partial charge in [-0.2, -0.15) is 4.98 Å². The highest BCUT2D eigenvalue weighted by Gasteiger charge is 2.16. The highest BCUT2D eigenvalue weighted by atomic mass is 16.5. The molecular weight excluding hydrogens is 324 g/mol. The standard InChI is InChI=1S/C17H20N4O4/c1-25-16-14(10-18-11-19-16)21-17(24)20-13(7-8-15(22)23)9-12-5-3-2-4-6-12/h2-6,10-11,13H,7-9H2,1H3,(H,22,23)(H2,20,21,24). The van der Waals surface area contributed by atoms with E-state index >= 15 is 0 Å². The number of carbonyl (C=O) groups excluding carboxylic acids is 1. The zero-order valence-electron chi connectivity index (χ0n) is 13.8. The molecule has 0 aliphatic heterocycles. The van der Waals surface area contributed by atoms with E-state index in [1.54, 1.807) is 0 Å². The van der Waals surface area contributed by atoms with E-state index < -0.39 is 12.0 Å². The van der Waals surface area contributed by atoms with E-state index in [0.29, 0.717) is 18.5 Å². The molecule has 1 heterocycles. The summed E-state index contributed by atoms with van der Waals surface area (Å²) in [6.07, 6.45) is 3.56. The quantitative estimate of drug-likeness (QED) is 0.676. The van der Waals surface area contributed by atoms with Crippen LogP contribution in [0.1, 0.15) is 18.4 Å². The van der Waals surface area contributed by atoms with Crippen LogP contribution in [0, 0.1) is 0 Å². The molecule has 0 saturated carbocycles. The second-order valence-electron chi connectivity index (χ2n) is 5.36. The minimum atomic E-state index is -0.904. The zero-order valence-corrected chi connectivity index (χ0v) is 13.8. The van der Waals surface area contributed by atoms with Crippen LogP contribution in [-0.2, 0) is 11.2 Å². The summed E-state index contributed by atoms with van der Waals surface area (Å²) in [6, 6.07) is 8.76. The van der Waals surface area contributed by atoms with Gasteiger partial charge in [-0.05, 0) is 18.4 Å². The normalized spacial score (nSPS) is 11.4. The van der Waals surface area contributed by atoms with Gasteiger partial charge in [-0.1, -0.05) is 30.3 Å². The average molecular weight is 344 g/mol. The zero-order chi connectivity index (χ0) is 18.1. The number of amides is 2. The third-order valence-electron chi connectivity index (χ3n) is 3.48. The number of aromatic nitrogens is 2. The third-order valence-corrected chi connectivity index (χ3v) is 3.48. The molecule has 2 amide bonds. The summed E-state index contributed by atoms with van der Waals surface area (Å²) in [6.45, 7) is 0. The molecule has 1 atom stereocenters. The van der Waals surface area contributed by atoms with Crippen molar-refractivity contribution in [2.75, 3.05) is 12.4 Å². The number of urea groups is 1. The summed E-state index contributed by atoms with van der Waals surface area (Å²) in [5.41, 5.74) is 1.35. The summed E-state index contributed by atoms with van der Waals surface area (Å²) in [7, 11) is 1.44. The van der Waals surface area contributed by atoms with Crippen molar-refractivity contribution >= 4 is 17.7 Å². The molecule has 0 aliphatic carbocycles. The van der Waals surface area contributed by atoms with Crippen LogP contribution in [0.2, 0.25) is 0 Å². The third kappa shape index (κ3) is 6.09. The van der Waals surface area contributed by atoms with Gasteiger partial charge in [0, 0.05) is 12.5 Å². The van der Waals surface area contributed by atoms with Gasteiger partial charge in [0.2, 0.25) is 5.88 Å². The molecular formula is C17H20N4O4. The Morgan fingerprint density at radius 3 is 2.72 bits per heavy atom. The molecule has 2 rings (SSSR count). The Balaban J connectivity index is 2.01. The number of nitrogens with zero attached hydrogens (tertiary/aromatic N) is 2. The molecule has 3 N–H and O–H groups in total. The van der Waals surface area contributed by atoms with E-state index in [4.69, 9.17) is 9.84 Å². The van der Waals surface area contributed by atoms with Crippen LogP contribution >= 0.6 is 0 Å². The molecule has 1 aromatic carbocycles. The van der Waals surface area contributed by atoms with Crippen molar-refractivity contribution in [2.24, 2.45) is 0 Å². The van der Waals surface area contributed by atoms with Gasteiger partial charge in [0.15, 0.2) is 0 Å². The Hall–Kier alpha value is -3.16. The van der Waals surface area contributed by atoms with Gasteiger partial charge < -0.3 is 20.5 Å². The number of nitrogens with one attached hydrogen (secondary N) is 2. The number of benzene rings is 1. The van der Waals surface area contributed by atoms with Crippen LogP contribution in [0.25, 0.3) is 0 Å². The van der Waals surface area contributed by atoms with Gasteiger partial charge in [-0.3, -0.25) is 4.79 Å². The Labute approximate surface area is 145 Å². The number of hydrogen-bond donors (Lipinski definition) is 3. The molecule has 1 unspecified atom stereocenters. The van der Waals surface area contributed by atoms with Crippen LogP contribution in [0.4, 0.5) is 10.5 Å². The molecule has 2 aromatic rings. The van der Waals surface area contributed by atoms with Crippen molar-refractivity contribution in [1.82, 2.24) is 15.3 Å². The van der Waals surface area contributed by atoms with Crippen molar-refractivity contribution in [3.8, 4) is 5.88 Å². The fourth-order valence-corrected chi connectivity index (χ4v) is 2.33. The summed E-state index contributed by atoms with van der Waals surface area (Å²) in [4.78, 5) is 30.8. The maximum Gasteiger partial charge on any atom is 0.319 e. The van der Waals surface area contributed by atoms with Crippen molar-refractivity contribution in [3.63, 3.8) is 0 Å².